The van der Waals surface area contributed by atoms with Gasteiger partial charge in [-0.25, -0.2) is 8.42 Å². The molecule has 1 saturated heterocycles. The fourth-order valence-electron chi connectivity index (χ4n) is 8.18. The van der Waals surface area contributed by atoms with E-state index in [0.717, 1.165) is 12.5 Å². The smallest absolute Gasteiger partial charge is 0.297 e. The fraction of sp³-hybridized carbons (Fsp3) is 0.375. The number of nitro benzene ring substituents is 1. The summed E-state index contributed by atoms with van der Waals surface area (Å²) in [5.41, 5.74) is 1.04. The van der Waals surface area contributed by atoms with E-state index in [4.69, 9.17) is 28.1 Å². The Labute approximate surface area is 371 Å². The highest BCUT2D eigenvalue weighted by atomic mass is 32.2. The Morgan fingerprint density at radius 2 is 1.35 bits per heavy atom. The Hall–Kier alpha value is -5.29. The Bertz CT molecular complexity index is 2310. The highest BCUT2D eigenvalue weighted by Crippen LogP contribution is 2.45. The first-order valence-corrected chi connectivity index (χ1v) is 24.6. The molecule has 5 aromatic carbocycles. The van der Waals surface area contributed by atoms with Crippen molar-refractivity contribution >= 4 is 40.1 Å². The summed E-state index contributed by atoms with van der Waals surface area (Å²) in [6.45, 7) is 8.76. The number of nitrogens with one attached hydrogen (secondary N) is 1. The standard InChI is InChI=1S/C48H57N3O10SSi/c1-48(2,3)63(43-12-8-6-9-13-43,44-14-10-7-11-15-44)61-33-38-26-37(38)32-60-46-28-42(27-45(51(52)53)47(46)49-29-41-34-58-24-25-59-41)62(54,55)50(30-35-16-20-39(56-4)21-17-35)31-36-18-22-40(57-5)23-19-36/h6-23,27-28,37-38,41,49H,24-26,29-34H2,1-5H3/t37-,38-,41-/m0/s1. The van der Waals surface area contributed by atoms with E-state index >= 15 is 0 Å². The lowest BCUT2D eigenvalue weighted by molar-refractivity contribution is -0.384. The Kier molecular flexibility index (Phi) is 14.5. The number of methoxy groups -OCH3 is 2. The third-order valence-corrected chi connectivity index (χ3v) is 18.5. The predicted molar refractivity (Wildman–Crippen MR) is 245 cm³/mol. The van der Waals surface area contributed by atoms with Crippen LogP contribution in [0, 0.1) is 22.0 Å². The van der Waals surface area contributed by atoms with E-state index in [-0.39, 0.29) is 65.6 Å². The van der Waals surface area contributed by atoms with Crippen LogP contribution < -0.4 is 29.9 Å². The number of sulfonamides is 1. The van der Waals surface area contributed by atoms with Gasteiger partial charge in [0.15, 0.2) is 11.4 Å². The second kappa shape index (κ2) is 20.0. The Balaban J connectivity index is 1.18. The van der Waals surface area contributed by atoms with Gasteiger partial charge < -0.3 is 33.4 Å². The molecule has 2 fully saturated rings. The van der Waals surface area contributed by atoms with Gasteiger partial charge >= 0.3 is 0 Å². The van der Waals surface area contributed by atoms with Gasteiger partial charge in [-0.3, -0.25) is 10.1 Å². The second-order valence-electron chi connectivity index (χ2n) is 17.0. The molecule has 1 aliphatic heterocycles. The molecule has 15 heteroatoms. The fourth-order valence-corrected chi connectivity index (χ4v) is 14.3. The van der Waals surface area contributed by atoms with E-state index in [2.05, 4.69) is 74.6 Å². The lowest BCUT2D eigenvalue weighted by Gasteiger charge is -2.43. The number of anilines is 1. The van der Waals surface area contributed by atoms with Crippen LogP contribution in [0.3, 0.4) is 0 Å². The minimum absolute atomic E-state index is 0.0174. The zero-order valence-electron chi connectivity index (χ0n) is 36.5. The first kappa shape index (κ1) is 45.7. The maximum atomic E-state index is 14.9. The van der Waals surface area contributed by atoms with E-state index in [0.29, 0.717) is 49.1 Å². The lowest BCUT2D eigenvalue weighted by Crippen LogP contribution is -2.66. The minimum Gasteiger partial charge on any atom is -0.497 e. The van der Waals surface area contributed by atoms with Crippen LogP contribution in [0.25, 0.3) is 0 Å². The van der Waals surface area contributed by atoms with Crippen LogP contribution in [0.15, 0.2) is 126 Å². The number of rotatable bonds is 20. The number of hydrogen-bond acceptors (Lipinski definition) is 11. The van der Waals surface area contributed by atoms with Crippen molar-refractivity contribution in [3.05, 3.63) is 143 Å². The number of nitro groups is 1. The van der Waals surface area contributed by atoms with Gasteiger partial charge in [0, 0.05) is 38.4 Å². The number of benzene rings is 5. The van der Waals surface area contributed by atoms with Crippen LogP contribution in [0.1, 0.15) is 38.3 Å². The lowest BCUT2D eigenvalue weighted by atomic mass is 10.2. The SMILES string of the molecule is COc1ccc(CN(Cc2ccc(OC)cc2)S(=O)(=O)c2cc(OC[C@@H]3C[C@H]3CO[Si](c3ccccc3)(c3ccccc3)C(C)(C)C)c(NC[C@H]3COCCO3)c([N+](=O)[O-])c2)cc1. The molecule has 0 amide bonds. The number of nitrogens with zero attached hydrogens (tertiary/aromatic N) is 2. The molecule has 0 unspecified atom stereocenters. The van der Waals surface area contributed by atoms with Gasteiger partial charge in [-0.15, -0.1) is 0 Å². The first-order valence-electron chi connectivity index (χ1n) is 21.2. The topological polar surface area (TPSA) is 148 Å². The van der Waals surface area contributed by atoms with Gasteiger partial charge in [0.2, 0.25) is 10.0 Å². The van der Waals surface area contributed by atoms with Crippen molar-refractivity contribution in [3.63, 3.8) is 0 Å². The molecule has 0 bridgehead atoms. The zero-order valence-corrected chi connectivity index (χ0v) is 38.3. The predicted octanol–water partition coefficient (Wildman–Crippen LogP) is 7.42. The highest BCUT2D eigenvalue weighted by Gasteiger charge is 2.52. The van der Waals surface area contributed by atoms with Crippen LogP contribution in [-0.2, 0) is 37.0 Å². The van der Waals surface area contributed by atoms with E-state index in [1.54, 1.807) is 62.8 Å². The quantitative estimate of drug-likeness (QED) is 0.0473. The average molecular weight is 896 g/mol. The molecule has 1 aliphatic carbocycles. The monoisotopic (exact) mass is 895 g/mol. The molecule has 3 atom stereocenters. The molecule has 0 aromatic heterocycles. The molecular formula is C48H57N3O10SSi. The van der Waals surface area contributed by atoms with Crippen molar-refractivity contribution in [2.24, 2.45) is 11.8 Å². The summed E-state index contributed by atoms with van der Waals surface area (Å²) in [6.07, 6.45) is 0.455. The molecular weight excluding hydrogens is 839 g/mol. The van der Waals surface area contributed by atoms with E-state index in [1.807, 2.05) is 12.1 Å². The van der Waals surface area contributed by atoms with Crippen molar-refractivity contribution < 1.29 is 41.5 Å². The van der Waals surface area contributed by atoms with Crippen molar-refractivity contribution in [1.82, 2.24) is 4.31 Å². The van der Waals surface area contributed by atoms with Gasteiger partial charge in [-0.05, 0) is 69.1 Å². The molecule has 0 radical (unpaired) electrons. The molecule has 63 heavy (non-hydrogen) atoms. The summed E-state index contributed by atoms with van der Waals surface area (Å²) >= 11 is 0. The van der Waals surface area contributed by atoms with Gasteiger partial charge in [0.1, 0.15) is 11.5 Å². The second-order valence-corrected chi connectivity index (χ2v) is 23.3. The summed E-state index contributed by atoms with van der Waals surface area (Å²) in [4.78, 5) is 12.0. The molecule has 1 heterocycles. The summed E-state index contributed by atoms with van der Waals surface area (Å²) in [7, 11) is -4.05. The van der Waals surface area contributed by atoms with Crippen molar-refractivity contribution in [1.29, 1.82) is 0 Å². The summed E-state index contributed by atoms with van der Waals surface area (Å²) < 4.78 is 66.8. The van der Waals surface area contributed by atoms with Crippen LogP contribution in [-0.4, -0.2) is 85.9 Å². The minimum atomic E-state index is -4.39. The van der Waals surface area contributed by atoms with E-state index in [9.17, 15) is 18.5 Å². The van der Waals surface area contributed by atoms with Crippen LogP contribution in [0.4, 0.5) is 11.4 Å². The van der Waals surface area contributed by atoms with E-state index in [1.165, 1.54) is 20.7 Å². The summed E-state index contributed by atoms with van der Waals surface area (Å²) in [6, 6.07) is 37.7. The molecule has 2 aliphatic rings. The Morgan fingerprint density at radius 1 is 0.794 bits per heavy atom. The van der Waals surface area contributed by atoms with Gasteiger partial charge in [-0.1, -0.05) is 106 Å². The maximum absolute atomic E-state index is 14.9. The van der Waals surface area contributed by atoms with Crippen molar-refractivity contribution in [3.8, 4) is 17.2 Å². The summed E-state index contributed by atoms with van der Waals surface area (Å²) in [5, 5.41) is 18.3. The normalized spacial score (nSPS) is 17.8. The van der Waals surface area contributed by atoms with Crippen molar-refractivity contribution in [2.75, 3.05) is 59.1 Å². The van der Waals surface area contributed by atoms with Crippen molar-refractivity contribution in [2.45, 2.75) is 56.3 Å². The third kappa shape index (κ3) is 10.7. The van der Waals surface area contributed by atoms with Crippen LogP contribution in [0.2, 0.25) is 5.04 Å². The Morgan fingerprint density at radius 3 is 1.84 bits per heavy atom. The average Bonchev–Trinajstić information content (AvgIpc) is 4.06. The highest BCUT2D eigenvalue weighted by molar-refractivity contribution is 7.89. The number of hydrogen-bond donors (Lipinski definition) is 1. The number of ether oxygens (including phenoxy) is 5. The molecule has 7 rings (SSSR count). The largest absolute Gasteiger partial charge is 0.497 e. The van der Waals surface area contributed by atoms with Gasteiger partial charge in [-0.2, -0.15) is 4.31 Å². The molecule has 5 aromatic rings. The zero-order chi connectivity index (χ0) is 44.6. The molecule has 13 nitrogen and oxygen atoms in total. The van der Waals surface area contributed by atoms with Crippen LogP contribution >= 0.6 is 0 Å². The molecule has 334 valence electrons. The molecule has 1 saturated carbocycles. The third-order valence-electron chi connectivity index (χ3n) is 11.8. The summed E-state index contributed by atoms with van der Waals surface area (Å²) in [5.74, 6) is 1.56. The van der Waals surface area contributed by atoms with Gasteiger partial charge in [0.05, 0.1) is 56.6 Å². The first-order chi connectivity index (χ1) is 30.3. The van der Waals surface area contributed by atoms with Crippen LogP contribution in [0.5, 0.6) is 17.2 Å². The molecule has 1 N–H and O–H groups in total. The van der Waals surface area contributed by atoms with E-state index < -0.39 is 29.0 Å². The molecule has 0 spiro atoms. The maximum Gasteiger partial charge on any atom is 0.297 e. The van der Waals surface area contributed by atoms with Gasteiger partial charge in [0.25, 0.3) is 14.0 Å².